The molecule has 1 fully saturated rings. The van der Waals surface area contributed by atoms with Crippen molar-refractivity contribution in [3.8, 4) is 6.07 Å². The van der Waals surface area contributed by atoms with Gasteiger partial charge in [-0.05, 0) is 19.3 Å². The first-order valence-electron chi connectivity index (χ1n) is 6.46. The van der Waals surface area contributed by atoms with Crippen molar-refractivity contribution < 1.29 is 5.11 Å². The van der Waals surface area contributed by atoms with Gasteiger partial charge in [0.15, 0.2) is 0 Å². The van der Waals surface area contributed by atoms with Crippen LogP contribution in [0.2, 0.25) is 0 Å². The predicted octanol–water partition coefficient (Wildman–Crippen LogP) is 0.442. The monoisotopic (exact) mass is 249 g/mol. The molecule has 98 valence electrons. The van der Waals surface area contributed by atoms with Crippen molar-refractivity contribution in [3.63, 3.8) is 0 Å². The molecule has 1 aliphatic carbocycles. The summed E-state index contributed by atoms with van der Waals surface area (Å²) in [6.45, 7) is 1.51. The average Bonchev–Trinajstić information content (AvgIpc) is 3.02. The van der Waals surface area contributed by atoms with Gasteiger partial charge in [0.25, 0.3) is 0 Å². The number of nitrogens with one attached hydrogen (secondary N) is 1. The average molecular weight is 249 g/mol. The minimum absolute atomic E-state index is 0.134. The number of nitriles is 1. The molecule has 1 heterocycles. The van der Waals surface area contributed by atoms with Gasteiger partial charge < -0.3 is 10.4 Å². The molecule has 0 bridgehead atoms. The van der Waals surface area contributed by atoms with E-state index in [0.717, 1.165) is 25.0 Å². The van der Waals surface area contributed by atoms with E-state index < -0.39 is 0 Å². The number of hydrogen-bond donors (Lipinski definition) is 2. The van der Waals surface area contributed by atoms with Crippen LogP contribution < -0.4 is 5.32 Å². The first-order valence-corrected chi connectivity index (χ1v) is 6.46. The van der Waals surface area contributed by atoms with Crippen LogP contribution in [0.5, 0.6) is 0 Å². The van der Waals surface area contributed by atoms with Crippen LogP contribution >= 0.6 is 0 Å². The van der Waals surface area contributed by atoms with Crippen LogP contribution in [0.3, 0.4) is 0 Å². The first-order chi connectivity index (χ1) is 8.83. The summed E-state index contributed by atoms with van der Waals surface area (Å²) in [5.41, 5.74) is 0.886. The summed E-state index contributed by atoms with van der Waals surface area (Å²) in [4.78, 5) is 0. The third-order valence-electron chi connectivity index (χ3n) is 3.36. The zero-order chi connectivity index (χ0) is 12.8. The normalized spacial score (nSPS) is 23.1. The van der Waals surface area contributed by atoms with Crippen LogP contribution in [0.15, 0.2) is 6.20 Å². The van der Waals surface area contributed by atoms with Gasteiger partial charge >= 0.3 is 0 Å². The second kappa shape index (κ2) is 6.47. The van der Waals surface area contributed by atoms with Crippen LogP contribution in [-0.4, -0.2) is 32.7 Å². The fourth-order valence-electron chi connectivity index (χ4n) is 2.36. The summed E-state index contributed by atoms with van der Waals surface area (Å²) < 4.78 is 1.74. The molecule has 0 saturated heterocycles. The molecule has 1 aromatic heterocycles. The van der Waals surface area contributed by atoms with Gasteiger partial charge in [-0.2, -0.15) is 5.26 Å². The maximum absolute atomic E-state index is 8.99. The Kier molecular flexibility index (Phi) is 4.67. The van der Waals surface area contributed by atoms with Gasteiger partial charge in [-0.15, -0.1) is 5.10 Å². The van der Waals surface area contributed by atoms with E-state index in [2.05, 4.69) is 21.7 Å². The highest BCUT2D eigenvalue weighted by atomic mass is 16.3. The third-order valence-corrected chi connectivity index (χ3v) is 3.36. The van der Waals surface area contributed by atoms with Gasteiger partial charge in [-0.25, -0.2) is 0 Å². The number of rotatable bonds is 6. The van der Waals surface area contributed by atoms with Crippen LogP contribution in [0.1, 0.15) is 31.4 Å². The summed E-state index contributed by atoms with van der Waals surface area (Å²) in [6, 6.07) is 2.64. The molecule has 1 saturated carbocycles. The Labute approximate surface area is 107 Å². The largest absolute Gasteiger partial charge is 0.396 e. The summed E-state index contributed by atoms with van der Waals surface area (Å²) in [6.07, 6.45) is 5.77. The molecule has 2 unspecified atom stereocenters. The van der Waals surface area contributed by atoms with E-state index in [4.69, 9.17) is 10.4 Å². The summed E-state index contributed by atoms with van der Waals surface area (Å²) in [5.74, 6) is 0.134. The Morgan fingerprint density at radius 3 is 3.22 bits per heavy atom. The highest BCUT2D eigenvalue weighted by Crippen LogP contribution is 2.24. The van der Waals surface area contributed by atoms with E-state index in [-0.39, 0.29) is 18.6 Å². The number of aliphatic hydroxyl groups is 1. The van der Waals surface area contributed by atoms with Crippen LogP contribution in [0.25, 0.3) is 0 Å². The maximum atomic E-state index is 8.99. The number of hydrogen-bond acceptors (Lipinski definition) is 5. The smallest absolute Gasteiger partial charge is 0.0964 e. The van der Waals surface area contributed by atoms with Crippen LogP contribution in [0.4, 0.5) is 0 Å². The predicted molar refractivity (Wildman–Crippen MR) is 65.3 cm³/mol. The molecule has 2 N–H and O–H groups in total. The number of nitrogens with zero attached hydrogens (tertiary/aromatic N) is 4. The van der Waals surface area contributed by atoms with E-state index in [1.165, 1.54) is 0 Å². The lowest BCUT2D eigenvalue weighted by atomic mass is 10.1. The fraction of sp³-hybridized carbons (Fsp3) is 0.750. The highest BCUT2D eigenvalue weighted by Gasteiger charge is 2.26. The molecule has 6 nitrogen and oxygen atoms in total. The highest BCUT2D eigenvalue weighted by molar-refractivity contribution is 4.99. The van der Waals surface area contributed by atoms with Gasteiger partial charge in [0.05, 0.1) is 17.7 Å². The van der Waals surface area contributed by atoms with Crippen molar-refractivity contribution in [1.29, 1.82) is 5.26 Å². The molecule has 1 aromatic rings. The van der Waals surface area contributed by atoms with Gasteiger partial charge in [0.2, 0.25) is 0 Å². The Morgan fingerprint density at radius 1 is 1.56 bits per heavy atom. The Bertz CT molecular complexity index is 411. The van der Waals surface area contributed by atoms with E-state index in [9.17, 15) is 0 Å². The van der Waals surface area contributed by atoms with Crippen molar-refractivity contribution in [3.05, 3.63) is 11.9 Å². The van der Waals surface area contributed by atoms with Gasteiger partial charge in [-0.1, -0.05) is 11.6 Å². The quantitative estimate of drug-likeness (QED) is 0.764. The zero-order valence-electron chi connectivity index (χ0n) is 10.4. The lowest BCUT2D eigenvalue weighted by molar-refractivity contribution is 0.276. The zero-order valence-corrected chi connectivity index (χ0v) is 10.4. The Morgan fingerprint density at radius 2 is 2.44 bits per heavy atom. The van der Waals surface area contributed by atoms with Gasteiger partial charge in [0.1, 0.15) is 0 Å². The topological polar surface area (TPSA) is 86.8 Å². The molecular weight excluding hydrogens is 230 g/mol. The number of aromatic nitrogens is 3. The third kappa shape index (κ3) is 3.28. The van der Waals surface area contributed by atoms with E-state index in [0.29, 0.717) is 19.5 Å². The van der Waals surface area contributed by atoms with Crippen LogP contribution in [-0.2, 0) is 13.1 Å². The second-order valence-corrected chi connectivity index (χ2v) is 4.70. The fourth-order valence-corrected chi connectivity index (χ4v) is 2.36. The van der Waals surface area contributed by atoms with E-state index >= 15 is 0 Å². The SMILES string of the molecule is N#CC1CCCC1NCc1cn(CCCO)nn1. The summed E-state index contributed by atoms with van der Waals surface area (Å²) in [5, 5.41) is 29.2. The molecule has 0 spiro atoms. The van der Waals surface area contributed by atoms with E-state index in [1.807, 2.05) is 6.20 Å². The lowest BCUT2D eigenvalue weighted by Crippen LogP contribution is -2.31. The van der Waals surface area contributed by atoms with Crippen molar-refractivity contribution in [2.45, 2.75) is 44.8 Å². The van der Waals surface area contributed by atoms with Crippen molar-refractivity contribution >= 4 is 0 Å². The molecule has 0 radical (unpaired) electrons. The minimum atomic E-state index is 0.134. The molecule has 2 atom stereocenters. The molecule has 2 rings (SSSR count). The minimum Gasteiger partial charge on any atom is -0.396 e. The lowest BCUT2D eigenvalue weighted by Gasteiger charge is -2.13. The number of aryl methyl sites for hydroxylation is 1. The standard InChI is InChI=1S/C12H19N5O/c13-7-10-3-1-4-12(10)14-8-11-9-17(16-15-11)5-2-6-18/h9-10,12,14,18H,1-6,8H2. The second-order valence-electron chi connectivity index (χ2n) is 4.70. The molecular formula is C12H19N5O. The number of aliphatic hydroxyl groups excluding tert-OH is 1. The summed E-state index contributed by atoms with van der Waals surface area (Å²) >= 11 is 0. The van der Waals surface area contributed by atoms with E-state index in [1.54, 1.807) is 4.68 Å². The van der Waals surface area contributed by atoms with Gasteiger partial charge in [0, 0.05) is 31.9 Å². The van der Waals surface area contributed by atoms with Crippen molar-refractivity contribution in [2.24, 2.45) is 5.92 Å². The molecule has 18 heavy (non-hydrogen) atoms. The Balaban J connectivity index is 1.79. The summed E-state index contributed by atoms with van der Waals surface area (Å²) in [7, 11) is 0. The molecule has 0 aliphatic heterocycles. The van der Waals surface area contributed by atoms with Gasteiger partial charge in [-0.3, -0.25) is 4.68 Å². The molecule has 1 aliphatic rings. The molecule has 0 amide bonds. The molecule has 0 aromatic carbocycles. The Hall–Kier alpha value is -1.45. The van der Waals surface area contributed by atoms with Crippen molar-refractivity contribution in [2.75, 3.05) is 6.61 Å². The van der Waals surface area contributed by atoms with Crippen LogP contribution in [0, 0.1) is 17.2 Å². The molecule has 6 heteroatoms. The maximum Gasteiger partial charge on any atom is 0.0964 e. The first kappa shape index (κ1) is 13.0. The van der Waals surface area contributed by atoms with Crippen molar-refractivity contribution in [1.82, 2.24) is 20.3 Å².